The lowest BCUT2D eigenvalue weighted by Gasteiger charge is -2.29. The minimum absolute atomic E-state index is 0.0345. The van der Waals surface area contributed by atoms with Crippen LogP contribution in [0.3, 0.4) is 0 Å². The number of rotatable bonds is 2. The number of ether oxygens (including phenoxy) is 2. The molecule has 25 heavy (non-hydrogen) atoms. The topological polar surface area (TPSA) is 72.8 Å². The van der Waals surface area contributed by atoms with Gasteiger partial charge in [0.1, 0.15) is 18.3 Å². The second-order valence-electron chi connectivity index (χ2n) is 7.10. The molecular formula is C20H24O5. The number of fused-ring (bicyclic) bond motifs is 3. The van der Waals surface area contributed by atoms with Gasteiger partial charge in [0.2, 0.25) is 0 Å². The Morgan fingerprint density at radius 2 is 2.08 bits per heavy atom. The second kappa shape index (κ2) is 6.30. The van der Waals surface area contributed by atoms with Gasteiger partial charge >= 0.3 is 11.9 Å². The van der Waals surface area contributed by atoms with Crippen LogP contribution in [0, 0.1) is 17.8 Å². The normalized spacial score (nSPS) is 37.8. The Bertz CT molecular complexity index is 714. The summed E-state index contributed by atoms with van der Waals surface area (Å²) in [5.74, 6) is -1.69. The number of hydrogen-bond donors (Lipinski definition) is 1. The van der Waals surface area contributed by atoms with E-state index in [0.717, 1.165) is 12.0 Å². The first kappa shape index (κ1) is 17.7. The molecule has 2 aliphatic carbocycles. The highest BCUT2D eigenvalue weighted by molar-refractivity contribution is 5.92. The number of carbonyl (C=O) groups is 2. The van der Waals surface area contributed by atoms with E-state index in [2.05, 4.69) is 19.2 Å². The zero-order valence-corrected chi connectivity index (χ0v) is 14.8. The summed E-state index contributed by atoms with van der Waals surface area (Å²) in [6, 6.07) is 0. The monoisotopic (exact) mass is 344 g/mol. The van der Waals surface area contributed by atoms with Crippen LogP contribution in [0.1, 0.15) is 27.2 Å². The van der Waals surface area contributed by atoms with Crippen LogP contribution in [0.15, 0.2) is 47.6 Å². The summed E-state index contributed by atoms with van der Waals surface area (Å²) >= 11 is 0. The zero-order valence-electron chi connectivity index (χ0n) is 14.8. The van der Waals surface area contributed by atoms with Crippen molar-refractivity contribution in [3.63, 3.8) is 0 Å². The molecule has 6 atom stereocenters. The van der Waals surface area contributed by atoms with Gasteiger partial charge in [0.05, 0.1) is 5.92 Å². The van der Waals surface area contributed by atoms with Crippen LogP contribution in [-0.2, 0) is 19.1 Å². The summed E-state index contributed by atoms with van der Waals surface area (Å²) in [4.78, 5) is 24.5. The molecule has 5 heteroatoms. The highest BCUT2D eigenvalue weighted by Gasteiger charge is 2.57. The number of aliphatic hydroxyl groups is 1. The lowest BCUT2D eigenvalue weighted by molar-refractivity contribution is -0.153. The van der Waals surface area contributed by atoms with Crippen LogP contribution in [0.2, 0.25) is 0 Å². The Labute approximate surface area is 147 Å². The van der Waals surface area contributed by atoms with Gasteiger partial charge < -0.3 is 14.6 Å². The third-order valence-corrected chi connectivity index (χ3v) is 5.79. The molecular weight excluding hydrogens is 320 g/mol. The molecule has 0 amide bonds. The third-order valence-electron chi connectivity index (χ3n) is 5.79. The van der Waals surface area contributed by atoms with Gasteiger partial charge in [0.15, 0.2) is 0 Å². The number of allylic oxidation sites excluding steroid dienone is 2. The van der Waals surface area contributed by atoms with Gasteiger partial charge in [0, 0.05) is 17.1 Å². The van der Waals surface area contributed by atoms with Crippen LogP contribution in [0.4, 0.5) is 0 Å². The molecule has 5 nitrogen and oxygen atoms in total. The molecule has 0 radical (unpaired) electrons. The van der Waals surface area contributed by atoms with Crippen LogP contribution in [-0.4, -0.2) is 35.4 Å². The molecule has 3 rings (SSSR count). The van der Waals surface area contributed by atoms with Gasteiger partial charge in [0.25, 0.3) is 0 Å². The van der Waals surface area contributed by atoms with Crippen molar-refractivity contribution in [2.45, 2.75) is 45.5 Å². The smallest absolute Gasteiger partial charge is 0.334 e. The molecule has 0 spiro atoms. The maximum absolute atomic E-state index is 12.3. The summed E-state index contributed by atoms with van der Waals surface area (Å²) in [6.07, 6.45) is 1.97. The molecule has 1 heterocycles. The fraction of sp³-hybridized carbons (Fsp3) is 0.500. The number of aliphatic hydroxyl groups excluding tert-OH is 1. The summed E-state index contributed by atoms with van der Waals surface area (Å²) in [5.41, 5.74) is 2.40. The predicted molar refractivity (Wildman–Crippen MR) is 92.3 cm³/mol. The van der Waals surface area contributed by atoms with Gasteiger partial charge in [-0.05, 0) is 38.7 Å². The molecule has 0 aromatic heterocycles. The molecule has 0 bridgehead atoms. The van der Waals surface area contributed by atoms with E-state index in [0.29, 0.717) is 11.1 Å². The Kier molecular flexibility index (Phi) is 4.45. The quantitative estimate of drug-likeness (QED) is 0.473. The van der Waals surface area contributed by atoms with Crippen molar-refractivity contribution in [2.75, 3.05) is 0 Å². The van der Waals surface area contributed by atoms with Crippen molar-refractivity contribution in [1.82, 2.24) is 0 Å². The Balaban J connectivity index is 2.03. The van der Waals surface area contributed by atoms with Gasteiger partial charge in [-0.2, -0.15) is 0 Å². The summed E-state index contributed by atoms with van der Waals surface area (Å²) < 4.78 is 11.2. The summed E-state index contributed by atoms with van der Waals surface area (Å²) in [6.45, 7) is 13.3. The molecule has 3 aliphatic rings. The number of hydrogen-bond acceptors (Lipinski definition) is 5. The minimum atomic E-state index is -1.07. The number of esters is 2. The maximum Gasteiger partial charge on any atom is 0.334 e. The predicted octanol–water partition coefficient (Wildman–Crippen LogP) is 2.48. The largest absolute Gasteiger partial charge is 0.458 e. The van der Waals surface area contributed by atoms with E-state index in [1.54, 1.807) is 19.9 Å². The van der Waals surface area contributed by atoms with E-state index < -0.39 is 36.2 Å². The minimum Gasteiger partial charge on any atom is -0.458 e. The van der Waals surface area contributed by atoms with E-state index in [1.165, 1.54) is 0 Å². The van der Waals surface area contributed by atoms with Crippen LogP contribution in [0.5, 0.6) is 0 Å². The SMILES string of the molecule is C=C1C(=O)O[C@H]2[C@H]1[C@H](OC(=O)/C(C)=C/C)[C@H](O)C(=C)[C@@H]1CC=C(C)[C@H]21. The maximum atomic E-state index is 12.3. The first-order valence-corrected chi connectivity index (χ1v) is 8.55. The molecule has 1 saturated heterocycles. The average molecular weight is 344 g/mol. The van der Waals surface area contributed by atoms with Crippen molar-refractivity contribution >= 4 is 11.9 Å². The standard InChI is InChI=1S/C20H24O5/c1-6-9(2)19(22)25-18-15-12(5)20(23)24-17(15)14-10(3)7-8-13(14)11(4)16(18)21/h6-7,13-18,21H,4-5,8H2,1-3H3/b9-6+/t13-,14-,15-,16+,17+,18-/m0/s1. The second-order valence-corrected chi connectivity index (χ2v) is 7.10. The zero-order chi connectivity index (χ0) is 18.5. The molecule has 1 saturated carbocycles. The fourth-order valence-corrected chi connectivity index (χ4v) is 4.17. The molecule has 0 unspecified atom stereocenters. The van der Waals surface area contributed by atoms with E-state index in [9.17, 15) is 14.7 Å². The van der Waals surface area contributed by atoms with Crippen LogP contribution >= 0.6 is 0 Å². The summed E-state index contributed by atoms with van der Waals surface area (Å²) in [5, 5.41) is 10.9. The van der Waals surface area contributed by atoms with Crippen LogP contribution in [0.25, 0.3) is 0 Å². The summed E-state index contributed by atoms with van der Waals surface area (Å²) in [7, 11) is 0. The van der Waals surface area contributed by atoms with E-state index in [4.69, 9.17) is 9.47 Å². The molecule has 134 valence electrons. The van der Waals surface area contributed by atoms with Gasteiger partial charge in [-0.1, -0.05) is 30.9 Å². The molecule has 2 fully saturated rings. The highest BCUT2D eigenvalue weighted by atomic mass is 16.6. The Morgan fingerprint density at radius 3 is 2.72 bits per heavy atom. The molecule has 0 aromatic carbocycles. The van der Waals surface area contributed by atoms with Crippen molar-refractivity contribution in [1.29, 1.82) is 0 Å². The van der Waals surface area contributed by atoms with E-state index in [1.807, 2.05) is 6.92 Å². The fourth-order valence-electron chi connectivity index (χ4n) is 4.17. The van der Waals surface area contributed by atoms with Crippen molar-refractivity contribution in [3.8, 4) is 0 Å². The van der Waals surface area contributed by atoms with E-state index in [-0.39, 0.29) is 17.4 Å². The van der Waals surface area contributed by atoms with E-state index >= 15 is 0 Å². The van der Waals surface area contributed by atoms with Gasteiger partial charge in [-0.25, -0.2) is 9.59 Å². The highest BCUT2D eigenvalue weighted by Crippen LogP contribution is 2.51. The lowest BCUT2D eigenvalue weighted by Crippen LogP contribution is -2.41. The van der Waals surface area contributed by atoms with Gasteiger partial charge in [-0.3, -0.25) is 0 Å². The van der Waals surface area contributed by atoms with Crippen molar-refractivity contribution in [2.24, 2.45) is 17.8 Å². The van der Waals surface area contributed by atoms with Crippen molar-refractivity contribution in [3.05, 3.63) is 47.6 Å². The number of carbonyl (C=O) groups excluding carboxylic acids is 2. The molecule has 0 aromatic rings. The molecule has 1 N–H and O–H groups in total. The lowest BCUT2D eigenvalue weighted by atomic mass is 9.80. The first-order valence-electron chi connectivity index (χ1n) is 8.55. The molecule has 1 aliphatic heterocycles. The Hall–Kier alpha value is -2.14. The van der Waals surface area contributed by atoms with Crippen LogP contribution < -0.4 is 0 Å². The van der Waals surface area contributed by atoms with Crippen molar-refractivity contribution < 1.29 is 24.2 Å². The Morgan fingerprint density at radius 1 is 1.40 bits per heavy atom. The third kappa shape index (κ3) is 2.67. The average Bonchev–Trinajstić information content (AvgIpc) is 3.08. The first-order chi connectivity index (χ1) is 11.8. The van der Waals surface area contributed by atoms with Gasteiger partial charge in [-0.15, -0.1) is 0 Å².